The molecular weight excluding hydrogens is 1480 g/mol. The van der Waals surface area contributed by atoms with Gasteiger partial charge in [0.05, 0.1) is 16.8 Å². The molecule has 0 spiro atoms. The van der Waals surface area contributed by atoms with Crippen molar-refractivity contribution >= 4 is 110 Å². The number of allylic oxidation sites excluding steroid dienone is 4. The predicted octanol–water partition coefficient (Wildman–Crippen LogP) is 33.7. The number of benzene rings is 14. The van der Waals surface area contributed by atoms with Gasteiger partial charge >= 0.3 is 11.9 Å². The zero-order chi connectivity index (χ0) is 87.1. The predicted molar refractivity (Wildman–Crippen MR) is 511 cm³/mol. The van der Waals surface area contributed by atoms with Crippen LogP contribution in [0, 0.1) is 21.7 Å². The van der Waals surface area contributed by atoms with E-state index in [9.17, 15) is 9.59 Å². The van der Waals surface area contributed by atoms with E-state index in [1.807, 2.05) is 24.3 Å². The highest BCUT2D eigenvalue weighted by atomic mass is 16.6. The molecule has 1 aliphatic rings. The quantitative estimate of drug-likeness (QED) is 0.0195. The molecule has 1 aliphatic heterocycles. The molecule has 0 radical (unpaired) electrons. The number of ether oxygens (including phenoxy) is 5. The fourth-order valence-electron chi connectivity index (χ4n) is 21.0. The Morgan fingerprint density at radius 3 is 0.959 bits per heavy atom. The molecule has 15 rings (SSSR count). The molecule has 121 heavy (non-hydrogen) atoms. The molecule has 0 amide bonds. The number of hydrogen-bond donors (Lipinski definition) is 0. The van der Waals surface area contributed by atoms with Crippen molar-refractivity contribution in [3.8, 4) is 46.0 Å². The lowest BCUT2D eigenvalue weighted by Crippen LogP contribution is -2.25. The first-order valence-electron chi connectivity index (χ1n) is 43.3. The molecule has 0 atom stereocenters. The van der Waals surface area contributed by atoms with E-state index in [1.165, 1.54) is 27.8 Å². The molecule has 14 aromatic rings. The van der Waals surface area contributed by atoms with Gasteiger partial charge in [-0.05, 0) is 270 Å². The van der Waals surface area contributed by atoms with Crippen LogP contribution in [-0.2, 0) is 31.8 Å². The molecule has 0 bridgehead atoms. The highest BCUT2D eigenvalue weighted by Crippen LogP contribution is 2.59. The molecule has 8 nitrogen and oxygen atoms in total. The van der Waals surface area contributed by atoms with Gasteiger partial charge in [-0.15, -0.1) is 13.2 Å². The summed E-state index contributed by atoms with van der Waals surface area (Å²) in [5, 5.41) is 11.5. The molecule has 1 heterocycles. The first kappa shape index (κ1) is 84.8. The number of cyclic esters (lactones) is 2. The van der Waals surface area contributed by atoms with Gasteiger partial charge in [-0.3, -0.25) is 0 Å². The van der Waals surface area contributed by atoms with Crippen LogP contribution in [0.2, 0.25) is 0 Å². The fraction of sp³-hybridized carbons (Fsp3) is 0.345. The van der Waals surface area contributed by atoms with Crippen molar-refractivity contribution in [2.75, 3.05) is 4.90 Å². The molecule has 14 aromatic carbocycles. The SMILES string of the molecule is C=C(C)CC(C)(C)c1ccc(Oc2ccc3c(N(c4ccc(C(C)(C)CC(C)(C)C)cc4)c4ccc(C(C)(C)CC(C)(C)C)cc4)cc(Oc4ccc(C(C)(C)CC(=C)C)cc4)c4c5ccc6c7c(Oc8ccc(C(C)(C)CC(C)(C)C)cc8)cc8c9c(cc(Oc%10ccc(/C(C)=C/C(C)(C)C)cc%10)c(c%10ccc(c2c34)c5c%106)c97)C(=O)OC8=O)cc1. The van der Waals surface area contributed by atoms with Crippen LogP contribution in [0.3, 0.4) is 0 Å². The number of hydrogen-bond acceptors (Lipinski definition) is 8. The van der Waals surface area contributed by atoms with Gasteiger partial charge in [0.25, 0.3) is 0 Å². The second-order valence-corrected chi connectivity index (χ2v) is 43.3. The van der Waals surface area contributed by atoms with Gasteiger partial charge in [-0.1, -0.05) is 267 Å². The minimum atomic E-state index is -0.761. The largest absolute Gasteiger partial charge is 0.457 e. The fourth-order valence-corrected chi connectivity index (χ4v) is 21.0. The lowest BCUT2D eigenvalue weighted by Gasteiger charge is -2.34. The number of esters is 2. The third-order valence-electron chi connectivity index (χ3n) is 24.6. The molecule has 0 N–H and O–H groups in total. The summed E-state index contributed by atoms with van der Waals surface area (Å²) in [4.78, 5) is 32.0. The maximum atomic E-state index is 14.8. The Morgan fingerprint density at radius 2 is 0.620 bits per heavy atom. The minimum absolute atomic E-state index is 0.0489. The number of rotatable bonds is 24. The van der Waals surface area contributed by atoms with Crippen LogP contribution in [0.1, 0.15) is 259 Å². The molecule has 0 aromatic heterocycles. The summed E-state index contributed by atoms with van der Waals surface area (Å²) in [6.07, 6.45) is 6.88. The van der Waals surface area contributed by atoms with E-state index >= 15 is 0 Å². The van der Waals surface area contributed by atoms with Crippen molar-refractivity contribution in [1.82, 2.24) is 0 Å². The van der Waals surface area contributed by atoms with Crippen molar-refractivity contribution in [3.63, 3.8) is 0 Å². The third kappa shape index (κ3) is 16.9. The average Bonchev–Trinajstić information content (AvgIpc) is 0.672. The topological polar surface area (TPSA) is 83.5 Å². The first-order chi connectivity index (χ1) is 56.5. The summed E-state index contributed by atoms with van der Waals surface area (Å²) in [5.41, 5.74) is 13.2. The highest BCUT2D eigenvalue weighted by Gasteiger charge is 2.38. The first-order valence-corrected chi connectivity index (χ1v) is 43.3. The Hall–Kier alpha value is -11.2. The van der Waals surface area contributed by atoms with E-state index in [-0.39, 0.29) is 59.9 Å². The van der Waals surface area contributed by atoms with Crippen molar-refractivity contribution < 1.29 is 33.3 Å². The molecule has 8 heteroatoms. The van der Waals surface area contributed by atoms with Crippen LogP contribution >= 0.6 is 0 Å². The third-order valence-corrected chi connectivity index (χ3v) is 24.6. The number of carbonyl (C=O) groups is 2. The second-order valence-electron chi connectivity index (χ2n) is 43.3. The van der Waals surface area contributed by atoms with Gasteiger partial charge in [0.1, 0.15) is 46.0 Å². The molecule has 0 unspecified atom stereocenters. The molecule has 0 saturated carbocycles. The minimum Gasteiger partial charge on any atom is -0.457 e. The Morgan fingerprint density at radius 1 is 0.322 bits per heavy atom. The van der Waals surface area contributed by atoms with Crippen LogP contribution in [0.25, 0.3) is 81.0 Å². The number of anilines is 3. The zero-order valence-corrected chi connectivity index (χ0v) is 76.4. The summed E-state index contributed by atoms with van der Waals surface area (Å²) in [7, 11) is 0. The second kappa shape index (κ2) is 30.4. The number of nitrogens with zero attached hydrogens (tertiary/aromatic N) is 1. The highest BCUT2D eigenvalue weighted by molar-refractivity contribution is 6.46. The summed E-state index contributed by atoms with van der Waals surface area (Å²) in [6.45, 7) is 65.6. The van der Waals surface area contributed by atoms with Gasteiger partial charge in [0.15, 0.2) is 0 Å². The average molecular weight is 1610 g/mol. The van der Waals surface area contributed by atoms with Crippen LogP contribution in [0.4, 0.5) is 17.1 Å². The smallest absolute Gasteiger partial charge is 0.346 e. The summed E-state index contributed by atoms with van der Waals surface area (Å²) < 4.78 is 35.9. The van der Waals surface area contributed by atoms with Crippen molar-refractivity contribution in [3.05, 3.63) is 275 Å². The maximum Gasteiger partial charge on any atom is 0.346 e. The van der Waals surface area contributed by atoms with Gasteiger partial charge in [-0.25, -0.2) is 9.59 Å². The number of fused-ring (bicyclic) bond motifs is 4. The molecule has 0 saturated heterocycles. The Bertz CT molecular complexity index is 6340. The van der Waals surface area contributed by atoms with Crippen molar-refractivity contribution in [2.24, 2.45) is 21.7 Å². The summed E-state index contributed by atoms with van der Waals surface area (Å²) in [6, 6.07) is 71.4. The van der Waals surface area contributed by atoms with Gasteiger partial charge in [-0.2, -0.15) is 0 Å². The Labute approximate surface area is 718 Å². The van der Waals surface area contributed by atoms with Crippen LogP contribution in [-0.4, -0.2) is 11.9 Å². The maximum absolute atomic E-state index is 14.8. The lowest BCUT2D eigenvalue weighted by atomic mass is 9.72. The molecule has 622 valence electrons. The van der Waals surface area contributed by atoms with Crippen LogP contribution < -0.4 is 23.8 Å². The van der Waals surface area contributed by atoms with E-state index in [0.717, 1.165) is 125 Å². The Balaban J connectivity index is 1.09. The van der Waals surface area contributed by atoms with Crippen molar-refractivity contribution in [1.29, 1.82) is 0 Å². The summed E-state index contributed by atoms with van der Waals surface area (Å²) in [5.74, 6) is 3.05. The van der Waals surface area contributed by atoms with E-state index in [1.54, 1.807) is 12.1 Å². The van der Waals surface area contributed by atoms with E-state index in [0.29, 0.717) is 67.5 Å². The van der Waals surface area contributed by atoms with Gasteiger partial charge < -0.3 is 28.6 Å². The van der Waals surface area contributed by atoms with E-state index < -0.39 is 11.9 Å². The van der Waals surface area contributed by atoms with Gasteiger partial charge in [0, 0.05) is 60.5 Å². The standard InChI is InChI=1S/C113H123NO7/c1-67(2)61-109(18,19)71-34-46-79(47-35-71)117-90-57-56-82-89(114(76-40-30-73(31-41-76)111(22,23)64-106(9,10)11)77-42-32-74(33-43-77)112(24,25)65-107(12,13)14)60-93(120-81-48-36-72(37-49-81)110(20,21)62-68(3)4)98-84-53-55-86-95-85(54-52-83(94(84)95)97(90)101(82)98)99-91(118-78-44-28-70(29-45-78)69(5)63-105(6,7)8)58-87-96-88(104(116)121-103(87)115)59-92(100(86)102(96)99)119-80-50-38-75(39-51-80)113(26,27)66-108(15,16)17/h28-60,63H,1,3,61-62,64-66H2,2,4-27H3/b69-63+. The molecule has 0 aliphatic carbocycles. The lowest BCUT2D eigenvalue weighted by molar-refractivity contribution is 0.0390. The van der Waals surface area contributed by atoms with Crippen LogP contribution in [0.5, 0.6) is 46.0 Å². The van der Waals surface area contributed by atoms with E-state index in [4.69, 9.17) is 23.7 Å². The zero-order valence-electron chi connectivity index (χ0n) is 76.4. The normalized spacial score (nSPS) is 13.7. The molecule has 0 fully saturated rings. The van der Waals surface area contributed by atoms with E-state index in [2.05, 4.69) is 361 Å². The van der Waals surface area contributed by atoms with Gasteiger partial charge in [0.2, 0.25) is 0 Å². The van der Waals surface area contributed by atoms with Crippen LogP contribution in [0.15, 0.2) is 231 Å². The Kier molecular flexibility index (Phi) is 21.3. The monoisotopic (exact) mass is 1610 g/mol. The molecular formula is C113H123NO7. The number of carbonyl (C=O) groups excluding carboxylic acids is 2. The summed E-state index contributed by atoms with van der Waals surface area (Å²) >= 11 is 0. The van der Waals surface area contributed by atoms with Crippen molar-refractivity contribution in [2.45, 2.75) is 232 Å².